The molecule has 0 radical (unpaired) electrons. The van der Waals surface area contributed by atoms with E-state index < -0.39 is 48.5 Å². The number of anilines is 1. The molecule has 0 amide bonds. The first-order valence-electron chi connectivity index (χ1n) is 8.11. The van der Waals surface area contributed by atoms with Crippen molar-refractivity contribution in [2.75, 3.05) is 18.9 Å². The molecular weight excluding hydrogens is 362 g/mol. The Labute approximate surface area is 152 Å². The Morgan fingerprint density at radius 2 is 2.15 bits per heavy atom. The van der Waals surface area contributed by atoms with Crippen LogP contribution in [0.5, 0.6) is 0 Å². The minimum Gasteiger partial charge on any atom is -0.465 e. The summed E-state index contributed by atoms with van der Waals surface area (Å²) < 4.78 is 17.6. The molecule has 4 N–H and O–H groups in total. The van der Waals surface area contributed by atoms with Crippen LogP contribution in [0, 0.1) is 5.92 Å². The highest BCUT2D eigenvalue weighted by molar-refractivity contribution is 5.71. The van der Waals surface area contributed by atoms with Crippen molar-refractivity contribution in [2.24, 2.45) is 5.92 Å². The van der Waals surface area contributed by atoms with Crippen molar-refractivity contribution in [3.8, 4) is 0 Å². The van der Waals surface area contributed by atoms with Crippen molar-refractivity contribution in [2.45, 2.75) is 32.3 Å². The Hall–Kier alpha value is -2.99. The van der Waals surface area contributed by atoms with Gasteiger partial charge in [-0.15, -0.1) is 0 Å². The van der Waals surface area contributed by atoms with E-state index in [1.54, 1.807) is 0 Å². The van der Waals surface area contributed by atoms with Crippen molar-refractivity contribution in [1.29, 1.82) is 0 Å². The number of H-pyrrole nitrogens is 1. The van der Waals surface area contributed by atoms with Crippen molar-refractivity contribution >= 4 is 29.1 Å². The predicted molar refractivity (Wildman–Crippen MR) is 89.2 cm³/mol. The lowest BCUT2D eigenvalue weighted by Gasteiger charge is -2.23. The number of fused-ring (bicyclic) bond motifs is 1. The maximum Gasteiger partial charge on any atom is 0.303 e. The summed E-state index contributed by atoms with van der Waals surface area (Å²) >= 11 is 0. The molecule has 0 bridgehead atoms. The maximum atomic E-state index is 12.0. The number of nitrogens with zero attached hydrogens (tertiary/aromatic N) is 3. The molecule has 146 valence electrons. The monoisotopic (exact) mass is 381 g/mol. The summed E-state index contributed by atoms with van der Waals surface area (Å²) in [4.78, 5) is 45.1. The first-order valence-corrected chi connectivity index (χ1v) is 8.11. The first kappa shape index (κ1) is 18.8. The zero-order chi connectivity index (χ0) is 19.7. The Kier molecular flexibility index (Phi) is 5.10. The lowest BCUT2D eigenvalue weighted by atomic mass is 9.99. The van der Waals surface area contributed by atoms with Crippen LogP contribution < -0.4 is 11.3 Å². The third kappa shape index (κ3) is 3.61. The number of carbonyl (C=O) groups excluding carboxylic acids is 2. The molecule has 4 atom stereocenters. The summed E-state index contributed by atoms with van der Waals surface area (Å²) in [5.41, 5.74) is 5.22. The van der Waals surface area contributed by atoms with Crippen LogP contribution in [0.1, 0.15) is 20.1 Å². The molecule has 27 heavy (non-hydrogen) atoms. The Morgan fingerprint density at radius 1 is 1.41 bits per heavy atom. The van der Waals surface area contributed by atoms with Gasteiger partial charge in [-0.05, 0) is 0 Å². The van der Waals surface area contributed by atoms with Crippen molar-refractivity contribution in [1.82, 2.24) is 19.5 Å². The Bertz CT molecular complexity index is 923. The van der Waals surface area contributed by atoms with Crippen LogP contribution in [-0.4, -0.2) is 62.0 Å². The molecule has 3 heterocycles. The van der Waals surface area contributed by atoms with E-state index in [1.807, 2.05) is 0 Å². The number of ether oxygens (including phenoxy) is 3. The van der Waals surface area contributed by atoms with Gasteiger partial charge in [0, 0.05) is 13.8 Å². The predicted octanol–water partition coefficient (Wildman–Crippen LogP) is -1.30. The second-order valence-corrected chi connectivity index (χ2v) is 6.06. The lowest BCUT2D eigenvalue weighted by molar-refractivity contribution is -0.155. The van der Waals surface area contributed by atoms with Gasteiger partial charge in [-0.2, -0.15) is 4.98 Å². The zero-order valence-electron chi connectivity index (χ0n) is 14.6. The van der Waals surface area contributed by atoms with Gasteiger partial charge in [0.15, 0.2) is 23.5 Å². The van der Waals surface area contributed by atoms with Crippen molar-refractivity contribution < 1.29 is 28.9 Å². The molecule has 0 aromatic carbocycles. The molecule has 0 aliphatic carbocycles. The van der Waals surface area contributed by atoms with E-state index in [0.29, 0.717) is 0 Å². The molecule has 0 saturated carbocycles. The van der Waals surface area contributed by atoms with Crippen LogP contribution in [0.4, 0.5) is 5.95 Å². The van der Waals surface area contributed by atoms with E-state index in [0.717, 1.165) is 0 Å². The van der Waals surface area contributed by atoms with Gasteiger partial charge in [-0.1, -0.05) is 0 Å². The summed E-state index contributed by atoms with van der Waals surface area (Å²) in [5, 5.41) is 9.65. The summed E-state index contributed by atoms with van der Waals surface area (Å²) in [7, 11) is 0. The molecule has 0 unspecified atom stereocenters. The molecule has 0 spiro atoms. The van der Waals surface area contributed by atoms with Gasteiger partial charge in [0.05, 0.1) is 25.0 Å². The van der Waals surface area contributed by atoms with Crippen LogP contribution in [-0.2, 0) is 23.8 Å². The summed E-state index contributed by atoms with van der Waals surface area (Å²) in [5.74, 6) is -1.86. The highest BCUT2D eigenvalue weighted by Crippen LogP contribution is 2.37. The molecule has 3 rings (SSSR count). The highest BCUT2D eigenvalue weighted by Gasteiger charge is 2.48. The fourth-order valence-electron chi connectivity index (χ4n) is 3.07. The molecule has 2 aromatic rings. The number of nitrogen functional groups attached to an aromatic ring is 1. The average molecular weight is 381 g/mol. The number of nitrogens with two attached hydrogens (primary N) is 1. The van der Waals surface area contributed by atoms with E-state index in [9.17, 15) is 19.5 Å². The molecule has 1 aliphatic heterocycles. The number of imidazole rings is 1. The lowest BCUT2D eigenvalue weighted by Crippen LogP contribution is -2.35. The Balaban J connectivity index is 2.03. The van der Waals surface area contributed by atoms with Gasteiger partial charge in [-0.3, -0.25) is 23.9 Å². The Morgan fingerprint density at radius 3 is 2.78 bits per heavy atom. The average Bonchev–Trinajstić information content (AvgIpc) is 3.13. The zero-order valence-corrected chi connectivity index (χ0v) is 14.6. The van der Waals surface area contributed by atoms with Gasteiger partial charge in [-0.25, -0.2) is 4.98 Å². The molecule has 12 nitrogen and oxygen atoms in total. The number of aromatic amines is 1. The fourth-order valence-corrected chi connectivity index (χ4v) is 3.07. The van der Waals surface area contributed by atoms with E-state index in [1.165, 1.54) is 24.7 Å². The van der Waals surface area contributed by atoms with E-state index in [4.69, 9.17) is 19.9 Å². The topological polar surface area (TPSA) is 172 Å². The summed E-state index contributed by atoms with van der Waals surface area (Å²) in [6, 6.07) is 0. The molecule has 1 fully saturated rings. The molecule has 12 heteroatoms. The van der Waals surface area contributed by atoms with Gasteiger partial charge in [0.25, 0.3) is 5.56 Å². The maximum absolute atomic E-state index is 12.0. The van der Waals surface area contributed by atoms with E-state index >= 15 is 0 Å². The van der Waals surface area contributed by atoms with Crippen LogP contribution in [0.15, 0.2) is 11.1 Å². The van der Waals surface area contributed by atoms with Gasteiger partial charge >= 0.3 is 11.9 Å². The summed E-state index contributed by atoms with van der Waals surface area (Å²) in [6.45, 7) is 1.93. The largest absolute Gasteiger partial charge is 0.465 e. The smallest absolute Gasteiger partial charge is 0.303 e. The molecule has 1 saturated heterocycles. The molecule has 2 aromatic heterocycles. The van der Waals surface area contributed by atoms with Gasteiger partial charge in [0.1, 0.15) is 6.61 Å². The standard InChI is InChI=1S/C15H19N5O7/c1-6(22)25-4-8-9(3-21)27-14(11(8)26-7(2)23)20-5-17-10-12(20)18-15(16)19-13(10)24/h5,8-9,11,14,21H,3-4H2,1-2H3,(H3,16,18,19,24)/t8-,9-,11-,14-/m1/s1. The number of aliphatic hydroxyl groups excluding tert-OH is 1. The van der Waals surface area contributed by atoms with Gasteiger partial charge in [0.2, 0.25) is 5.95 Å². The number of aromatic nitrogens is 4. The van der Waals surface area contributed by atoms with Crippen LogP contribution in [0.2, 0.25) is 0 Å². The van der Waals surface area contributed by atoms with Crippen LogP contribution in [0.3, 0.4) is 0 Å². The number of rotatable bonds is 5. The van der Waals surface area contributed by atoms with Crippen molar-refractivity contribution in [3.05, 3.63) is 16.7 Å². The molecule has 1 aliphatic rings. The number of carbonyl (C=O) groups is 2. The number of aliphatic hydroxyl groups is 1. The number of esters is 2. The third-order valence-corrected chi connectivity index (χ3v) is 4.18. The van der Waals surface area contributed by atoms with Crippen LogP contribution >= 0.6 is 0 Å². The number of hydrogen-bond donors (Lipinski definition) is 3. The molecular formula is C15H19N5O7. The van der Waals surface area contributed by atoms with E-state index in [-0.39, 0.29) is 23.7 Å². The highest BCUT2D eigenvalue weighted by atomic mass is 16.6. The first-order chi connectivity index (χ1) is 12.8. The minimum atomic E-state index is -0.953. The third-order valence-electron chi connectivity index (χ3n) is 4.18. The second kappa shape index (κ2) is 7.32. The quantitative estimate of drug-likeness (QED) is 0.529. The second-order valence-electron chi connectivity index (χ2n) is 6.06. The number of nitrogens with one attached hydrogen (secondary N) is 1. The summed E-state index contributed by atoms with van der Waals surface area (Å²) in [6.07, 6.45) is -1.35. The normalized spacial score (nSPS) is 24.9. The van der Waals surface area contributed by atoms with Gasteiger partial charge < -0.3 is 25.1 Å². The minimum absolute atomic E-state index is 0.0263. The van der Waals surface area contributed by atoms with Crippen molar-refractivity contribution in [3.63, 3.8) is 0 Å². The fraction of sp³-hybridized carbons (Fsp3) is 0.533. The number of hydrogen-bond acceptors (Lipinski definition) is 10. The van der Waals surface area contributed by atoms with Crippen LogP contribution in [0.25, 0.3) is 11.2 Å². The van der Waals surface area contributed by atoms with E-state index in [2.05, 4.69) is 15.0 Å². The SMILES string of the molecule is CC(=O)OC[C@H]1[C@@H](OC(C)=O)[C@H](n2cnc3c(=O)[nH]c(N)nc32)O[C@@H]1CO.